The molecule has 2 aliphatic rings. The normalized spacial score (nSPS) is 33.6. The van der Waals surface area contributed by atoms with E-state index in [4.69, 9.17) is 9.47 Å². The van der Waals surface area contributed by atoms with Crippen molar-refractivity contribution in [3.8, 4) is 0 Å². The zero-order valence-electron chi connectivity index (χ0n) is 33.0. The molecule has 0 aliphatic carbocycles. The average Bonchev–Trinajstić information content (AvgIpc) is 3.11. The van der Waals surface area contributed by atoms with Crippen molar-refractivity contribution in [2.24, 2.45) is 11.8 Å². The summed E-state index contributed by atoms with van der Waals surface area (Å²) in [7, 11) is 4.38. The lowest BCUT2D eigenvalue weighted by atomic mass is 9.68. The number of likely N-dealkylation sites (tertiary alicyclic amines) is 2. The summed E-state index contributed by atoms with van der Waals surface area (Å²) in [5.74, 6) is -0.598. The van der Waals surface area contributed by atoms with Gasteiger partial charge in [-0.3, -0.25) is 19.4 Å². The number of piperidine rings is 2. The van der Waals surface area contributed by atoms with Gasteiger partial charge < -0.3 is 9.47 Å². The van der Waals surface area contributed by atoms with Crippen LogP contribution in [0.4, 0.5) is 0 Å². The molecular weight excluding hydrogens is 608 g/mol. The van der Waals surface area contributed by atoms with E-state index in [2.05, 4.69) is 154 Å². The van der Waals surface area contributed by atoms with Crippen LogP contribution < -0.4 is 0 Å². The molecule has 2 aliphatic heterocycles. The Labute approximate surface area is 299 Å². The molecule has 2 fully saturated rings. The van der Waals surface area contributed by atoms with Gasteiger partial charge in [0, 0.05) is 46.8 Å². The van der Waals surface area contributed by atoms with Gasteiger partial charge in [-0.05, 0) is 91.4 Å². The van der Waals surface area contributed by atoms with Crippen molar-refractivity contribution in [3.63, 3.8) is 0 Å². The van der Waals surface area contributed by atoms with Crippen molar-refractivity contribution in [1.29, 1.82) is 0 Å². The SMILES string of the molecule is CCC1(C)CC(OC(=O)CC(=O)OC2CC(C)(CC)N(C)C(C)(CC)C2C)C(C)C(C)(CC)N1C.c1ccc(CCc2ccccc2)cc1. The maximum atomic E-state index is 12.9. The van der Waals surface area contributed by atoms with E-state index in [9.17, 15) is 9.59 Å². The Bertz CT molecular complexity index is 1230. The molecule has 8 unspecified atom stereocenters. The van der Waals surface area contributed by atoms with Crippen LogP contribution >= 0.6 is 0 Å². The Morgan fingerprint density at radius 1 is 0.612 bits per heavy atom. The molecule has 6 nitrogen and oxygen atoms in total. The minimum Gasteiger partial charge on any atom is -0.462 e. The maximum absolute atomic E-state index is 12.9. The van der Waals surface area contributed by atoms with E-state index in [-0.39, 0.29) is 52.6 Å². The first-order valence-corrected chi connectivity index (χ1v) is 19.0. The highest BCUT2D eigenvalue weighted by Crippen LogP contribution is 2.47. The van der Waals surface area contributed by atoms with Crippen LogP contribution in [-0.4, -0.2) is 70.2 Å². The number of rotatable bonds is 11. The predicted octanol–water partition coefficient (Wildman–Crippen LogP) is 9.29. The summed E-state index contributed by atoms with van der Waals surface area (Å²) in [4.78, 5) is 30.8. The molecule has 274 valence electrons. The molecule has 0 amide bonds. The summed E-state index contributed by atoms with van der Waals surface area (Å²) in [5.41, 5.74) is 2.57. The molecule has 2 heterocycles. The van der Waals surface area contributed by atoms with Crippen molar-refractivity contribution in [2.75, 3.05) is 14.1 Å². The molecular formula is C43H68N2O4. The summed E-state index contributed by atoms with van der Waals surface area (Å²) < 4.78 is 12.0. The second-order valence-electron chi connectivity index (χ2n) is 15.9. The molecule has 0 N–H and O–H groups in total. The summed E-state index contributed by atoms with van der Waals surface area (Å²) in [5, 5.41) is 0. The summed E-state index contributed by atoms with van der Waals surface area (Å²) >= 11 is 0. The minimum atomic E-state index is -0.467. The largest absolute Gasteiger partial charge is 0.462 e. The molecule has 0 radical (unpaired) electrons. The summed E-state index contributed by atoms with van der Waals surface area (Å²) in [6.07, 6.45) is 6.94. The molecule has 8 atom stereocenters. The van der Waals surface area contributed by atoms with Crippen LogP contribution in [0.5, 0.6) is 0 Å². The van der Waals surface area contributed by atoms with E-state index in [1.165, 1.54) is 11.1 Å². The molecule has 2 aromatic carbocycles. The summed E-state index contributed by atoms with van der Waals surface area (Å²) in [6.45, 7) is 22.1. The maximum Gasteiger partial charge on any atom is 0.317 e. The Hall–Kier alpha value is -2.70. The second kappa shape index (κ2) is 17.0. The van der Waals surface area contributed by atoms with Gasteiger partial charge in [0.25, 0.3) is 0 Å². The van der Waals surface area contributed by atoms with Gasteiger partial charge in [-0.25, -0.2) is 0 Å². The number of carbonyl (C=O) groups excluding carboxylic acids is 2. The van der Waals surface area contributed by atoms with Crippen LogP contribution in [0, 0.1) is 11.8 Å². The Morgan fingerprint density at radius 3 is 1.22 bits per heavy atom. The van der Waals surface area contributed by atoms with Crippen LogP contribution in [0.15, 0.2) is 60.7 Å². The highest BCUT2D eigenvalue weighted by atomic mass is 16.6. The molecule has 2 saturated heterocycles. The predicted molar refractivity (Wildman–Crippen MR) is 203 cm³/mol. The van der Waals surface area contributed by atoms with E-state index in [0.29, 0.717) is 0 Å². The Morgan fingerprint density at radius 2 is 0.939 bits per heavy atom. The van der Waals surface area contributed by atoms with E-state index < -0.39 is 11.9 Å². The number of aryl methyl sites for hydroxylation is 2. The lowest BCUT2D eigenvalue weighted by molar-refractivity contribution is -0.182. The van der Waals surface area contributed by atoms with Gasteiger partial charge in [-0.2, -0.15) is 0 Å². The fourth-order valence-corrected chi connectivity index (χ4v) is 8.42. The van der Waals surface area contributed by atoms with E-state index >= 15 is 0 Å². The number of ether oxygens (including phenoxy) is 2. The smallest absolute Gasteiger partial charge is 0.317 e. The minimum absolute atomic E-state index is 0.0541. The molecule has 6 heteroatoms. The molecule has 0 saturated carbocycles. The Balaban J connectivity index is 0.000000382. The van der Waals surface area contributed by atoms with Crippen LogP contribution in [0.3, 0.4) is 0 Å². The monoisotopic (exact) mass is 677 g/mol. The highest BCUT2D eigenvalue weighted by Gasteiger charge is 2.53. The molecule has 49 heavy (non-hydrogen) atoms. The van der Waals surface area contributed by atoms with Gasteiger partial charge >= 0.3 is 11.9 Å². The van der Waals surface area contributed by atoms with Crippen molar-refractivity contribution < 1.29 is 19.1 Å². The van der Waals surface area contributed by atoms with Gasteiger partial charge in [0.05, 0.1) is 0 Å². The van der Waals surface area contributed by atoms with Crippen molar-refractivity contribution in [1.82, 2.24) is 9.80 Å². The van der Waals surface area contributed by atoms with Crippen LogP contribution in [0.2, 0.25) is 0 Å². The van der Waals surface area contributed by atoms with Crippen LogP contribution in [0.25, 0.3) is 0 Å². The number of hydrogen-bond donors (Lipinski definition) is 0. The van der Waals surface area contributed by atoms with E-state index in [0.717, 1.165) is 51.4 Å². The number of carbonyl (C=O) groups is 2. The van der Waals surface area contributed by atoms with Gasteiger partial charge in [-0.15, -0.1) is 0 Å². The topological polar surface area (TPSA) is 59.1 Å². The molecule has 0 aromatic heterocycles. The first-order chi connectivity index (χ1) is 23.0. The fraction of sp³-hybridized carbons (Fsp3) is 0.674. The van der Waals surface area contributed by atoms with Crippen LogP contribution in [0.1, 0.15) is 125 Å². The van der Waals surface area contributed by atoms with Crippen LogP contribution in [-0.2, 0) is 31.9 Å². The number of benzene rings is 2. The van der Waals surface area contributed by atoms with Crippen molar-refractivity contribution in [2.45, 2.75) is 161 Å². The zero-order chi connectivity index (χ0) is 36.6. The second-order valence-corrected chi connectivity index (χ2v) is 15.9. The molecule has 2 aromatic rings. The standard InChI is InChI=1S/C29H54N2O4.C14H14/c1-13-26(7)18-22(20(5)28(9,15-3)30(26)11)34-24(32)17-25(33)35-23-19-27(8,14-2)31(12)29(10,16-4)21(23)6;1-3-7-13(8-4-1)11-12-14-9-5-2-6-10-14/h20-23H,13-19H2,1-12H3;1-10H,11-12H2. The molecule has 0 bridgehead atoms. The third-order valence-electron chi connectivity index (χ3n) is 13.7. The first kappa shape index (κ1) is 40.7. The number of hydrogen-bond acceptors (Lipinski definition) is 6. The van der Waals surface area contributed by atoms with Gasteiger partial charge in [0.2, 0.25) is 0 Å². The van der Waals surface area contributed by atoms with Crippen molar-refractivity contribution >= 4 is 11.9 Å². The number of esters is 2. The quantitative estimate of drug-likeness (QED) is 0.175. The zero-order valence-corrected chi connectivity index (χ0v) is 33.0. The number of nitrogens with zero attached hydrogens (tertiary/aromatic N) is 2. The van der Waals surface area contributed by atoms with Gasteiger partial charge in [0.1, 0.15) is 18.6 Å². The first-order valence-electron chi connectivity index (χ1n) is 19.0. The molecule has 0 spiro atoms. The third-order valence-corrected chi connectivity index (χ3v) is 13.7. The van der Waals surface area contributed by atoms with Crippen molar-refractivity contribution in [3.05, 3.63) is 71.8 Å². The average molecular weight is 677 g/mol. The highest BCUT2D eigenvalue weighted by molar-refractivity contribution is 5.91. The molecule has 4 rings (SSSR count). The lowest BCUT2D eigenvalue weighted by Crippen LogP contribution is -2.66. The van der Waals surface area contributed by atoms with Gasteiger partial charge in [-0.1, -0.05) is 102 Å². The summed E-state index contributed by atoms with van der Waals surface area (Å²) in [6, 6.07) is 21.2. The fourth-order valence-electron chi connectivity index (χ4n) is 8.42. The van der Waals surface area contributed by atoms with Gasteiger partial charge in [0.15, 0.2) is 0 Å². The third kappa shape index (κ3) is 9.16. The Kier molecular flexibility index (Phi) is 14.1. The van der Waals surface area contributed by atoms with E-state index in [1.54, 1.807) is 0 Å². The lowest BCUT2D eigenvalue weighted by Gasteiger charge is -2.59. The van der Waals surface area contributed by atoms with E-state index in [1.807, 2.05) is 0 Å².